The molecule has 0 bridgehead atoms. The second-order valence-corrected chi connectivity index (χ2v) is 11.9. The van der Waals surface area contributed by atoms with Crippen LogP contribution in [0.2, 0.25) is 0 Å². The summed E-state index contributed by atoms with van der Waals surface area (Å²) in [5.41, 5.74) is 0.113. The second-order valence-electron chi connectivity index (χ2n) is 11.9. The molecule has 2 aliphatic rings. The van der Waals surface area contributed by atoms with Crippen LogP contribution < -0.4 is 10.6 Å². The van der Waals surface area contributed by atoms with Gasteiger partial charge in [-0.3, -0.25) is 19.4 Å². The molecule has 2 aliphatic heterocycles. The molecule has 1 aromatic heterocycles. The fourth-order valence-electron chi connectivity index (χ4n) is 5.09. The first-order valence-corrected chi connectivity index (χ1v) is 14.6. The average Bonchev–Trinajstić information content (AvgIpc) is 3.19. The van der Waals surface area contributed by atoms with Gasteiger partial charge < -0.3 is 24.8 Å². The largest absolute Gasteiger partial charge is 0.481 e. The van der Waals surface area contributed by atoms with Gasteiger partial charge in [0.1, 0.15) is 11.7 Å². The molecule has 3 heterocycles. The standard InChI is InChI=1S/C30H42BN5O5/c1-29(2)30(3,4)41-31(40-29)25(15-11-14-22-12-7-5-8-13-22)35-27(38)23(20-26(37)36-18-9-6-10-19-36)34-28(39)24-21-32-16-17-33-24/h5,7-8,12-13,16-17,21,23,25H,6,9-11,14-15,18-20H2,1-4H3,(H,34,39)(H,35,38)/t23?,25-/m0/s1. The van der Waals surface area contributed by atoms with E-state index in [9.17, 15) is 14.4 Å². The number of benzene rings is 1. The lowest BCUT2D eigenvalue weighted by molar-refractivity contribution is -0.135. The molecule has 4 rings (SSSR count). The SMILES string of the molecule is CC1(C)OB([C@H](CCCc2ccccc2)NC(=O)C(CC(=O)N2CCCCC2)NC(=O)c2cnccn2)OC1(C)C. The van der Waals surface area contributed by atoms with Crippen molar-refractivity contribution in [3.05, 3.63) is 60.2 Å². The minimum Gasteiger partial charge on any atom is -0.402 e. The molecule has 0 radical (unpaired) electrons. The zero-order chi connectivity index (χ0) is 29.5. The van der Waals surface area contributed by atoms with Crippen molar-refractivity contribution < 1.29 is 23.7 Å². The number of aromatic nitrogens is 2. The van der Waals surface area contributed by atoms with E-state index < -0.39 is 42.1 Å². The fourth-order valence-corrected chi connectivity index (χ4v) is 5.09. The molecule has 41 heavy (non-hydrogen) atoms. The maximum atomic E-state index is 13.8. The molecule has 0 aliphatic carbocycles. The van der Waals surface area contributed by atoms with E-state index >= 15 is 0 Å². The average molecular weight is 564 g/mol. The molecule has 1 aromatic carbocycles. The number of nitrogens with zero attached hydrogens (tertiary/aromatic N) is 3. The molecule has 2 fully saturated rings. The second kappa shape index (κ2) is 13.6. The molecule has 0 spiro atoms. The Labute approximate surface area is 243 Å². The lowest BCUT2D eigenvalue weighted by Gasteiger charge is -2.32. The summed E-state index contributed by atoms with van der Waals surface area (Å²) in [6, 6.07) is 9.05. The third kappa shape index (κ3) is 8.13. The molecule has 11 heteroatoms. The maximum absolute atomic E-state index is 13.8. The van der Waals surface area contributed by atoms with Gasteiger partial charge in [-0.25, -0.2) is 4.98 Å². The third-order valence-corrected chi connectivity index (χ3v) is 8.26. The van der Waals surface area contributed by atoms with Crippen molar-refractivity contribution in [1.82, 2.24) is 25.5 Å². The van der Waals surface area contributed by atoms with Gasteiger partial charge in [0.15, 0.2) is 0 Å². The van der Waals surface area contributed by atoms with Gasteiger partial charge in [-0.15, -0.1) is 0 Å². The molecule has 2 N–H and O–H groups in total. The molecule has 2 aromatic rings. The summed E-state index contributed by atoms with van der Waals surface area (Å²) >= 11 is 0. The van der Waals surface area contributed by atoms with E-state index in [2.05, 4.69) is 32.7 Å². The number of nitrogens with one attached hydrogen (secondary N) is 2. The number of hydrogen-bond acceptors (Lipinski definition) is 7. The van der Waals surface area contributed by atoms with E-state index in [4.69, 9.17) is 9.31 Å². The first-order valence-electron chi connectivity index (χ1n) is 14.6. The van der Waals surface area contributed by atoms with Gasteiger partial charge in [0, 0.05) is 25.5 Å². The molecule has 220 valence electrons. The van der Waals surface area contributed by atoms with Crippen molar-refractivity contribution in [3.8, 4) is 0 Å². The summed E-state index contributed by atoms with van der Waals surface area (Å²) in [6.07, 6.45) is 9.18. The Kier molecular flexibility index (Phi) is 10.1. The molecule has 0 saturated carbocycles. The molecule has 2 atom stereocenters. The summed E-state index contributed by atoms with van der Waals surface area (Å²) in [4.78, 5) is 49.7. The van der Waals surface area contributed by atoms with Crippen molar-refractivity contribution in [2.45, 2.75) is 95.8 Å². The summed E-state index contributed by atoms with van der Waals surface area (Å²) < 4.78 is 12.6. The number of hydrogen-bond donors (Lipinski definition) is 2. The summed E-state index contributed by atoms with van der Waals surface area (Å²) in [5.74, 6) is -1.69. The number of rotatable bonds is 11. The van der Waals surface area contributed by atoms with Crippen molar-refractivity contribution in [2.75, 3.05) is 13.1 Å². The smallest absolute Gasteiger partial charge is 0.402 e. The highest BCUT2D eigenvalue weighted by Crippen LogP contribution is 2.38. The molecule has 3 amide bonds. The highest BCUT2D eigenvalue weighted by Gasteiger charge is 2.54. The van der Waals surface area contributed by atoms with Crippen LogP contribution in [0.25, 0.3) is 0 Å². The van der Waals surface area contributed by atoms with Crippen molar-refractivity contribution >= 4 is 24.8 Å². The van der Waals surface area contributed by atoms with Crippen LogP contribution in [-0.2, 0) is 25.3 Å². The van der Waals surface area contributed by atoms with Gasteiger partial charge in [-0.2, -0.15) is 0 Å². The van der Waals surface area contributed by atoms with Gasteiger partial charge in [-0.1, -0.05) is 30.3 Å². The van der Waals surface area contributed by atoms with Gasteiger partial charge in [0.2, 0.25) is 11.8 Å². The van der Waals surface area contributed by atoms with E-state index in [1.165, 1.54) is 24.2 Å². The Bertz CT molecular complexity index is 1160. The quantitative estimate of drug-likeness (QED) is 0.403. The predicted molar refractivity (Wildman–Crippen MR) is 156 cm³/mol. The van der Waals surface area contributed by atoms with Crippen LogP contribution in [0, 0.1) is 0 Å². The number of amides is 3. The Morgan fingerprint density at radius 2 is 1.66 bits per heavy atom. The topological polar surface area (TPSA) is 123 Å². The van der Waals surface area contributed by atoms with Crippen LogP contribution in [-0.4, -0.2) is 76.0 Å². The zero-order valence-electron chi connectivity index (χ0n) is 24.6. The molecular formula is C30H42BN5O5. The van der Waals surface area contributed by atoms with Crippen molar-refractivity contribution in [2.24, 2.45) is 0 Å². The highest BCUT2D eigenvalue weighted by molar-refractivity contribution is 6.48. The molecule has 2 saturated heterocycles. The van der Waals surface area contributed by atoms with Crippen molar-refractivity contribution in [3.63, 3.8) is 0 Å². The van der Waals surface area contributed by atoms with Crippen LogP contribution in [0.4, 0.5) is 0 Å². The normalized spacial score (nSPS) is 19.3. The first kappa shape index (κ1) is 30.6. The Morgan fingerprint density at radius 3 is 2.29 bits per heavy atom. The lowest BCUT2D eigenvalue weighted by Crippen LogP contribution is -2.56. The highest BCUT2D eigenvalue weighted by atomic mass is 16.7. The first-order chi connectivity index (χ1) is 19.6. The van der Waals surface area contributed by atoms with E-state index in [0.29, 0.717) is 19.5 Å². The van der Waals surface area contributed by atoms with Gasteiger partial charge >= 0.3 is 7.12 Å². The van der Waals surface area contributed by atoms with Gasteiger partial charge in [0.25, 0.3) is 5.91 Å². The maximum Gasteiger partial charge on any atom is 0.481 e. The summed E-state index contributed by atoms with van der Waals surface area (Å²) in [5, 5.41) is 5.81. The molecule has 1 unspecified atom stereocenters. The Hall–Kier alpha value is -3.31. The Balaban J connectivity index is 1.51. The van der Waals surface area contributed by atoms with Gasteiger partial charge in [-0.05, 0) is 71.8 Å². The lowest BCUT2D eigenvalue weighted by atomic mass is 9.75. The predicted octanol–water partition coefficient (Wildman–Crippen LogP) is 3.12. The van der Waals surface area contributed by atoms with E-state index in [-0.39, 0.29) is 18.0 Å². The van der Waals surface area contributed by atoms with Crippen LogP contribution in [0.1, 0.15) is 82.3 Å². The van der Waals surface area contributed by atoms with Crippen LogP contribution in [0.3, 0.4) is 0 Å². The van der Waals surface area contributed by atoms with Crippen LogP contribution >= 0.6 is 0 Å². The number of aryl methyl sites for hydroxylation is 1. The number of carbonyl (C=O) groups excluding carboxylic acids is 3. The number of likely N-dealkylation sites (tertiary alicyclic amines) is 1. The van der Waals surface area contributed by atoms with Crippen LogP contribution in [0.15, 0.2) is 48.9 Å². The summed E-state index contributed by atoms with van der Waals surface area (Å²) in [7, 11) is -0.686. The van der Waals surface area contributed by atoms with Crippen molar-refractivity contribution in [1.29, 1.82) is 0 Å². The number of carbonyl (C=O) groups is 3. The zero-order valence-corrected chi connectivity index (χ0v) is 24.6. The fraction of sp³-hybridized carbons (Fsp3) is 0.567. The third-order valence-electron chi connectivity index (χ3n) is 8.26. The minimum atomic E-state index is -1.10. The molecular weight excluding hydrogens is 521 g/mol. The van der Waals surface area contributed by atoms with E-state index in [1.54, 1.807) is 4.90 Å². The molecule has 10 nitrogen and oxygen atoms in total. The van der Waals surface area contributed by atoms with Crippen LogP contribution in [0.5, 0.6) is 0 Å². The number of piperidine rings is 1. The summed E-state index contributed by atoms with van der Waals surface area (Å²) in [6.45, 7) is 9.19. The minimum absolute atomic E-state index is 0.0705. The monoisotopic (exact) mass is 563 g/mol. The van der Waals surface area contributed by atoms with E-state index in [1.807, 2.05) is 45.9 Å². The van der Waals surface area contributed by atoms with E-state index in [0.717, 1.165) is 32.1 Å². The Morgan fingerprint density at radius 1 is 0.976 bits per heavy atom. The van der Waals surface area contributed by atoms with Gasteiger partial charge in [0.05, 0.1) is 29.8 Å².